The topological polar surface area (TPSA) is 118 Å². The van der Waals surface area contributed by atoms with Crippen LogP contribution in [0.4, 0.5) is 4.39 Å². The molecule has 3 saturated carbocycles. The number of nitrogens with one attached hydrogen (secondary N) is 2. The molecule has 254 valence electrons. The minimum absolute atomic E-state index is 0.0290. The van der Waals surface area contributed by atoms with E-state index in [1.807, 2.05) is 11.1 Å². The van der Waals surface area contributed by atoms with Crippen LogP contribution < -0.4 is 10.6 Å². The van der Waals surface area contributed by atoms with E-state index >= 15 is 4.39 Å². The summed E-state index contributed by atoms with van der Waals surface area (Å²) in [7, 11) is 2.13. The largest absolute Gasteiger partial charge is 0.395 e. The van der Waals surface area contributed by atoms with Crippen LogP contribution in [0.2, 0.25) is 0 Å². The Morgan fingerprint density at radius 2 is 1.80 bits per heavy atom. The van der Waals surface area contributed by atoms with Gasteiger partial charge in [0, 0.05) is 37.8 Å². The van der Waals surface area contributed by atoms with E-state index < -0.39 is 24.2 Å². The van der Waals surface area contributed by atoms with E-state index in [4.69, 9.17) is 4.74 Å². The van der Waals surface area contributed by atoms with E-state index in [0.29, 0.717) is 50.6 Å². The van der Waals surface area contributed by atoms with Gasteiger partial charge in [0.1, 0.15) is 6.17 Å². The molecule has 0 radical (unpaired) electrons. The fourth-order valence-corrected chi connectivity index (χ4v) is 9.68. The molecule has 6 aliphatic rings. The van der Waals surface area contributed by atoms with Gasteiger partial charge in [0.15, 0.2) is 5.78 Å². The summed E-state index contributed by atoms with van der Waals surface area (Å²) in [5.41, 5.74) is 0.188. The molecule has 6 rings (SSSR count). The number of ether oxygens (including phenoxy) is 1. The number of halogens is 1. The van der Waals surface area contributed by atoms with Crippen molar-refractivity contribution >= 4 is 11.7 Å². The Morgan fingerprint density at radius 1 is 1.04 bits per heavy atom. The Hall–Kier alpha value is -1.63. The highest BCUT2D eigenvalue weighted by molar-refractivity contribution is 6.20. The number of hydrogen-bond donors (Lipinski definition) is 4. The summed E-state index contributed by atoms with van der Waals surface area (Å²) < 4.78 is 23.0. The van der Waals surface area contributed by atoms with Crippen LogP contribution in [0.3, 0.4) is 0 Å². The quantitative estimate of drug-likeness (QED) is 0.177. The summed E-state index contributed by atoms with van der Waals surface area (Å²) in [5.74, 6) is 0.0901. The third-order valence-corrected chi connectivity index (χ3v) is 12.0. The molecule has 0 aromatic carbocycles. The number of likely N-dealkylation sites (tertiary alicyclic amines) is 1. The van der Waals surface area contributed by atoms with Gasteiger partial charge in [-0.15, -0.1) is 0 Å². The summed E-state index contributed by atoms with van der Waals surface area (Å²) in [4.78, 5) is 34.1. The third-order valence-electron chi connectivity index (χ3n) is 12.0. The molecule has 11 heteroatoms. The Bertz CT molecular complexity index is 1060. The number of carbonyl (C=O) groups is 2. The average Bonchev–Trinajstić information content (AvgIpc) is 3.44. The molecule has 0 aromatic heterocycles. The second-order valence-corrected chi connectivity index (χ2v) is 14.6. The molecule has 3 aliphatic heterocycles. The summed E-state index contributed by atoms with van der Waals surface area (Å²) in [6.07, 6.45) is 11.0. The first-order chi connectivity index (χ1) is 21.9. The van der Waals surface area contributed by atoms with Crippen molar-refractivity contribution in [2.45, 2.75) is 113 Å². The highest BCUT2D eigenvalue weighted by Crippen LogP contribution is 2.50. The van der Waals surface area contributed by atoms with Gasteiger partial charge in [0.25, 0.3) is 5.91 Å². The fourth-order valence-electron chi connectivity index (χ4n) is 9.68. The van der Waals surface area contributed by atoms with Crippen LogP contribution in [-0.4, -0.2) is 139 Å². The second kappa shape index (κ2) is 15.1. The number of aliphatic hydroxyl groups is 2. The fraction of sp³-hybridized carbons (Fsp3) is 0.882. The third kappa shape index (κ3) is 7.14. The Labute approximate surface area is 268 Å². The number of nitrogens with zero attached hydrogens (tertiary/aromatic N) is 3. The van der Waals surface area contributed by atoms with E-state index in [-0.39, 0.29) is 55.1 Å². The molecule has 45 heavy (non-hydrogen) atoms. The number of hydrogen-bond acceptors (Lipinski definition) is 9. The summed E-state index contributed by atoms with van der Waals surface area (Å²) >= 11 is 0. The molecule has 0 spiro atoms. The zero-order chi connectivity index (χ0) is 31.5. The molecule has 4 N–H and O–H groups in total. The van der Waals surface area contributed by atoms with Gasteiger partial charge in [0.05, 0.1) is 49.1 Å². The smallest absolute Gasteiger partial charge is 0.256 e. The van der Waals surface area contributed by atoms with Crippen LogP contribution in [0, 0.1) is 17.8 Å². The number of morpholine rings is 1. The lowest BCUT2D eigenvalue weighted by Crippen LogP contribution is -2.73. The highest BCUT2D eigenvalue weighted by atomic mass is 19.1. The zero-order valence-corrected chi connectivity index (χ0v) is 27.1. The number of fused-ring (bicyclic) bond motifs is 3. The van der Waals surface area contributed by atoms with Crippen molar-refractivity contribution < 1.29 is 28.9 Å². The first-order valence-corrected chi connectivity index (χ1v) is 17.9. The molecule has 3 heterocycles. The number of aliphatic hydroxyl groups excluding tert-OH is 2. The molecule has 5 fully saturated rings. The van der Waals surface area contributed by atoms with Crippen molar-refractivity contribution in [1.82, 2.24) is 25.3 Å². The van der Waals surface area contributed by atoms with Crippen molar-refractivity contribution in [1.29, 1.82) is 0 Å². The number of ketones is 1. The maximum Gasteiger partial charge on any atom is 0.256 e. The lowest BCUT2D eigenvalue weighted by molar-refractivity contribution is -0.208. The zero-order valence-electron chi connectivity index (χ0n) is 27.1. The maximum atomic E-state index is 16.1. The molecule has 0 aromatic rings. The van der Waals surface area contributed by atoms with Gasteiger partial charge in [-0.05, 0) is 83.5 Å². The van der Waals surface area contributed by atoms with E-state index in [1.54, 1.807) is 0 Å². The monoisotopic (exact) mass is 633 g/mol. The minimum Gasteiger partial charge on any atom is -0.395 e. The van der Waals surface area contributed by atoms with Gasteiger partial charge in [-0.3, -0.25) is 14.5 Å². The average molecular weight is 634 g/mol. The van der Waals surface area contributed by atoms with E-state index in [2.05, 4.69) is 27.5 Å². The van der Waals surface area contributed by atoms with Crippen LogP contribution in [0.15, 0.2) is 11.8 Å². The molecule has 10 unspecified atom stereocenters. The van der Waals surface area contributed by atoms with Gasteiger partial charge in [-0.1, -0.05) is 25.7 Å². The van der Waals surface area contributed by atoms with Crippen molar-refractivity contribution in [2.75, 3.05) is 59.5 Å². The van der Waals surface area contributed by atoms with E-state index in [9.17, 15) is 19.8 Å². The number of alkyl halides is 1. The van der Waals surface area contributed by atoms with Crippen molar-refractivity contribution in [3.63, 3.8) is 0 Å². The number of Topliss-reactive ketones (excluding diaryl/α,β-unsaturated/α-hetero) is 1. The first kappa shape index (κ1) is 33.3. The SMILES string of the molecule is CN1CCCC1CCNC(=O)C1=CN2C3CC4CCCCC4CC3OC3C(NCCCN(CCO)CCO)C(F)CC(C1=O)C32. The van der Waals surface area contributed by atoms with Gasteiger partial charge in [0.2, 0.25) is 0 Å². The van der Waals surface area contributed by atoms with Crippen molar-refractivity contribution in [3.05, 3.63) is 11.8 Å². The lowest BCUT2D eigenvalue weighted by atomic mass is 9.65. The minimum atomic E-state index is -1.27. The van der Waals surface area contributed by atoms with Gasteiger partial charge >= 0.3 is 0 Å². The Kier molecular flexibility index (Phi) is 11.1. The standard InChI is InChI=1S/C34H56FN5O5/c1-38-12-4-8-24(38)9-11-37-34(44)26-21-40-28-18-22-6-2-3-7-23(22)19-29(28)45-33-30(27(35)20-25(31(33)40)32(26)43)36-10-5-13-39(14-16-41)15-17-42/h21-25,27-31,33,36,41-42H,2-20H2,1H3,(H,37,44). The predicted molar refractivity (Wildman–Crippen MR) is 169 cm³/mol. The van der Waals surface area contributed by atoms with Crippen LogP contribution in [0.25, 0.3) is 0 Å². The van der Waals surface area contributed by atoms with Gasteiger partial charge < -0.3 is 35.4 Å². The summed E-state index contributed by atoms with van der Waals surface area (Å²) in [5, 5.41) is 25.2. The summed E-state index contributed by atoms with van der Waals surface area (Å²) in [6.45, 7) is 3.91. The molecular formula is C34H56FN5O5. The second-order valence-electron chi connectivity index (χ2n) is 14.6. The normalized spacial score (nSPS) is 38.0. The van der Waals surface area contributed by atoms with Gasteiger partial charge in [-0.2, -0.15) is 0 Å². The van der Waals surface area contributed by atoms with Gasteiger partial charge in [-0.25, -0.2) is 4.39 Å². The number of rotatable bonds is 13. The van der Waals surface area contributed by atoms with E-state index in [0.717, 1.165) is 38.6 Å². The first-order valence-electron chi connectivity index (χ1n) is 17.9. The van der Waals surface area contributed by atoms with Crippen LogP contribution in [0.5, 0.6) is 0 Å². The molecule has 10 nitrogen and oxygen atoms in total. The van der Waals surface area contributed by atoms with Crippen LogP contribution in [0.1, 0.15) is 70.6 Å². The lowest BCUT2D eigenvalue weighted by Gasteiger charge is -2.61. The molecule has 0 bridgehead atoms. The Morgan fingerprint density at radius 3 is 2.51 bits per heavy atom. The molecule has 2 saturated heterocycles. The maximum absolute atomic E-state index is 16.1. The number of amides is 1. The van der Waals surface area contributed by atoms with Crippen LogP contribution >= 0.6 is 0 Å². The highest BCUT2D eigenvalue weighted by Gasteiger charge is 2.59. The predicted octanol–water partition coefficient (Wildman–Crippen LogP) is 1.45. The van der Waals surface area contributed by atoms with Crippen molar-refractivity contribution in [3.8, 4) is 0 Å². The number of carbonyl (C=O) groups excluding carboxylic acids is 2. The Balaban J connectivity index is 1.19. The molecule has 10 atom stereocenters. The molecule has 3 aliphatic carbocycles. The van der Waals surface area contributed by atoms with Crippen LogP contribution in [-0.2, 0) is 14.3 Å². The van der Waals surface area contributed by atoms with E-state index in [1.165, 1.54) is 32.1 Å². The molecular weight excluding hydrogens is 577 g/mol. The van der Waals surface area contributed by atoms with Crippen molar-refractivity contribution in [2.24, 2.45) is 17.8 Å². The summed E-state index contributed by atoms with van der Waals surface area (Å²) in [6, 6.07) is -0.270. The molecule has 1 amide bonds.